The van der Waals surface area contributed by atoms with Gasteiger partial charge in [0.15, 0.2) is 0 Å². The maximum atomic E-state index is 12.9. The lowest BCUT2D eigenvalue weighted by Gasteiger charge is -2.07. The molecule has 0 atom stereocenters. The molecule has 0 spiro atoms. The number of halogens is 2. The molecular formula is C11H14ClFO2. The molecule has 0 saturated carbocycles. The SMILES string of the molecule is Cc1cc(OCCOCCCl)ccc1F. The van der Waals surface area contributed by atoms with Gasteiger partial charge in [-0.3, -0.25) is 0 Å². The molecule has 15 heavy (non-hydrogen) atoms. The minimum Gasteiger partial charge on any atom is -0.491 e. The highest BCUT2D eigenvalue weighted by molar-refractivity contribution is 6.17. The van der Waals surface area contributed by atoms with Gasteiger partial charge in [-0.15, -0.1) is 11.6 Å². The van der Waals surface area contributed by atoms with E-state index in [1.54, 1.807) is 19.1 Å². The fourth-order valence-electron chi connectivity index (χ4n) is 1.08. The number of rotatable bonds is 6. The van der Waals surface area contributed by atoms with Gasteiger partial charge < -0.3 is 9.47 Å². The van der Waals surface area contributed by atoms with Gasteiger partial charge in [-0.1, -0.05) is 0 Å². The Bertz CT molecular complexity index is 305. The molecule has 0 heterocycles. The molecule has 1 aromatic carbocycles. The third-order valence-corrected chi connectivity index (χ3v) is 2.00. The summed E-state index contributed by atoms with van der Waals surface area (Å²) in [4.78, 5) is 0. The van der Waals surface area contributed by atoms with Crippen molar-refractivity contribution >= 4 is 11.6 Å². The second kappa shape index (κ2) is 6.64. The largest absolute Gasteiger partial charge is 0.491 e. The highest BCUT2D eigenvalue weighted by Gasteiger charge is 1.99. The lowest BCUT2D eigenvalue weighted by Crippen LogP contribution is -2.08. The zero-order valence-electron chi connectivity index (χ0n) is 8.63. The van der Waals surface area contributed by atoms with Crippen LogP contribution in [0.15, 0.2) is 18.2 Å². The van der Waals surface area contributed by atoms with Crippen molar-refractivity contribution in [2.75, 3.05) is 25.7 Å². The first kappa shape index (κ1) is 12.3. The van der Waals surface area contributed by atoms with E-state index >= 15 is 0 Å². The van der Waals surface area contributed by atoms with Gasteiger partial charge in [0.2, 0.25) is 0 Å². The molecule has 1 aromatic rings. The molecular weight excluding hydrogens is 219 g/mol. The maximum absolute atomic E-state index is 12.9. The van der Waals surface area contributed by atoms with Crippen molar-refractivity contribution in [2.24, 2.45) is 0 Å². The van der Waals surface area contributed by atoms with E-state index in [-0.39, 0.29) is 5.82 Å². The van der Waals surface area contributed by atoms with Gasteiger partial charge in [0.1, 0.15) is 18.2 Å². The average molecular weight is 233 g/mol. The average Bonchev–Trinajstić information content (AvgIpc) is 2.23. The van der Waals surface area contributed by atoms with E-state index in [0.717, 1.165) is 0 Å². The molecule has 0 bridgehead atoms. The van der Waals surface area contributed by atoms with Gasteiger partial charge in [-0.2, -0.15) is 0 Å². The molecule has 0 aromatic heterocycles. The Hall–Kier alpha value is -0.800. The van der Waals surface area contributed by atoms with Crippen molar-refractivity contribution in [3.8, 4) is 5.75 Å². The minimum atomic E-state index is -0.222. The van der Waals surface area contributed by atoms with Crippen molar-refractivity contribution in [1.82, 2.24) is 0 Å². The van der Waals surface area contributed by atoms with Crippen LogP contribution in [-0.2, 0) is 4.74 Å². The Morgan fingerprint density at radius 2 is 2.07 bits per heavy atom. The normalized spacial score (nSPS) is 10.3. The van der Waals surface area contributed by atoms with Crippen LogP contribution >= 0.6 is 11.6 Å². The fraction of sp³-hybridized carbons (Fsp3) is 0.455. The number of hydrogen-bond donors (Lipinski definition) is 0. The van der Waals surface area contributed by atoms with Crippen LogP contribution in [0.4, 0.5) is 4.39 Å². The van der Waals surface area contributed by atoms with Crippen LogP contribution in [0.1, 0.15) is 5.56 Å². The number of hydrogen-bond acceptors (Lipinski definition) is 2. The maximum Gasteiger partial charge on any atom is 0.126 e. The zero-order chi connectivity index (χ0) is 11.1. The molecule has 0 saturated heterocycles. The summed E-state index contributed by atoms with van der Waals surface area (Å²) in [7, 11) is 0. The molecule has 0 radical (unpaired) electrons. The summed E-state index contributed by atoms with van der Waals surface area (Å²) in [6.45, 7) is 3.16. The van der Waals surface area contributed by atoms with Crippen molar-refractivity contribution in [1.29, 1.82) is 0 Å². The topological polar surface area (TPSA) is 18.5 Å². The first-order chi connectivity index (χ1) is 7.24. The van der Waals surface area contributed by atoms with Crippen molar-refractivity contribution in [3.63, 3.8) is 0 Å². The lowest BCUT2D eigenvalue weighted by molar-refractivity contribution is 0.111. The molecule has 0 fully saturated rings. The van der Waals surface area contributed by atoms with Gasteiger partial charge in [0.25, 0.3) is 0 Å². The van der Waals surface area contributed by atoms with E-state index in [1.807, 2.05) is 0 Å². The van der Waals surface area contributed by atoms with Crippen molar-refractivity contribution in [2.45, 2.75) is 6.92 Å². The smallest absolute Gasteiger partial charge is 0.126 e. The summed E-state index contributed by atoms with van der Waals surface area (Å²) in [5.41, 5.74) is 0.578. The fourth-order valence-corrected chi connectivity index (χ4v) is 1.19. The van der Waals surface area contributed by atoms with Crippen molar-refractivity contribution < 1.29 is 13.9 Å². The van der Waals surface area contributed by atoms with E-state index < -0.39 is 0 Å². The summed E-state index contributed by atoms with van der Waals surface area (Å²) in [6, 6.07) is 4.66. The molecule has 1 rings (SSSR count). The predicted molar refractivity (Wildman–Crippen MR) is 58.2 cm³/mol. The van der Waals surface area contributed by atoms with Crippen LogP contribution in [0.2, 0.25) is 0 Å². The van der Waals surface area contributed by atoms with E-state index in [1.165, 1.54) is 6.07 Å². The Morgan fingerprint density at radius 1 is 1.27 bits per heavy atom. The van der Waals surface area contributed by atoms with Gasteiger partial charge in [0, 0.05) is 5.88 Å². The minimum absolute atomic E-state index is 0.222. The summed E-state index contributed by atoms with van der Waals surface area (Å²) >= 11 is 5.43. The van der Waals surface area contributed by atoms with Crippen LogP contribution in [0.5, 0.6) is 5.75 Å². The Kier molecular flexibility index (Phi) is 5.43. The molecule has 4 heteroatoms. The molecule has 0 amide bonds. The summed E-state index contributed by atoms with van der Waals surface area (Å²) in [5.74, 6) is 0.916. The van der Waals surface area contributed by atoms with Crippen molar-refractivity contribution in [3.05, 3.63) is 29.6 Å². The molecule has 2 nitrogen and oxygen atoms in total. The number of benzene rings is 1. The van der Waals surface area contributed by atoms with Crippen LogP contribution in [0.3, 0.4) is 0 Å². The third kappa shape index (κ3) is 4.49. The first-order valence-corrected chi connectivity index (χ1v) is 5.30. The number of ether oxygens (including phenoxy) is 2. The highest BCUT2D eigenvalue weighted by atomic mass is 35.5. The van der Waals surface area contributed by atoms with E-state index in [0.29, 0.717) is 37.0 Å². The van der Waals surface area contributed by atoms with E-state index in [4.69, 9.17) is 21.1 Å². The number of alkyl halides is 1. The van der Waals surface area contributed by atoms with Gasteiger partial charge in [-0.05, 0) is 30.7 Å². The number of aryl methyl sites for hydroxylation is 1. The Morgan fingerprint density at radius 3 is 2.73 bits per heavy atom. The molecule has 0 N–H and O–H groups in total. The quantitative estimate of drug-likeness (QED) is 0.555. The van der Waals surface area contributed by atoms with Gasteiger partial charge in [-0.25, -0.2) is 4.39 Å². The Labute approximate surface area is 94.0 Å². The predicted octanol–water partition coefficient (Wildman–Crippen LogP) is 2.77. The van der Waals surface area contributed by atoms with Crippen LogP contribution in [0.25, 0.3) is 0 Å². The standard InChI is InChI=1S/C11H14ClFO2/c1-9-8-10(2-3-11(9)13)15-7-6-14-5-4-12/h2-3,8H,4-7H2,1H3. The third-order valence-electron chi connectivity index (χ3n) is 1.85. The first-order valence-electron chi connectivity index (χ1n) is 4.76. The summed E-state index contributed by atoms with van der Waals surface area (Å²) < 4.78 is 23.4. The molecule has 0 aliphatic rings. The van der Waals surface area contributed by atoms with Crippen LogP contribution in [-0.4, -0.2) is 25.7 Å². The molecule has 0 unspecified atom stereocenters. The van der Waals surface area contributed by atoms with Crippen LogP contribution in [0, 0.1) is 12.7 Å². The van der Waals surface area contributed by atoms with Gasteiger partial charge >= 0.3 is 0 Å². The highest BCUT2D eigenvalue weighted by Crippen LogP contribution is 2.15. The van der Waals surface area contributed by atoms with E-state index in [9.17, 15) is 4.39 Å². The lowest BCUT2D eigenvalue weighted by atomic mass is 10.2. The summed E-state index contributed by atoms with van der Waals surface area (Å²) in [5, 5.41) is 0. The molecule has 84 valence electrons. The molecule has 0 aliphatic heterocycles. The second-order valence-corrected chi connectivity index (χ2v) is 3.44. The van der Waals surface area contributed by atoms with Gasteiger partial charge in [0.05, 0.1) is 13.2 Å². The summed E-state index contributed by atoms with van der Waals surface area (Å²) in [6.07, 6.45) is 0. The molecule has 0 aliphatic carbocycles. The second-order valence-electron chi connectivity index (χ2n) is 3.06. The van der Waals surface area contributed by atoms with E-state index in [2.05, 4.69) is 0 Å². The monoisotopic (exact) mass is 232 g/mol. The van der Waals surface area contributed by atoms with Crippen LogP contribution < -0.4 is 4.74 Å². The Balaban J connectivity index is 2.28. The zero-order valence-corrected chi connectivity index (χ0v) is 9.39.